The first-order chi connectivity index (χ1) is 7.39. The van der Waals surface area contributed by atoms with E-state index in [1.54, 1.807) is 0 Å². The number of hydrogen-bond acceptors (Lipinski definition) is 3. The van der Waals surface area contributed by atoms with Gasteiger partial charge in [0.05, 0.1) is 5.60 Å². The predicted octanol–water partition coefficient (Wildman–Crippen LogP) is 0.328. The Balaban J connectivity index is 2.31. The van der Waals surface area contributed by atoms with Gasteiger partial charge in [0, 0.05) is 12.6 Å². The average Bonchev–Trinajstić information content (AvgIpc) is 2.13. The first-order valence-electron chi connectivity index (χ1n) is 5.29. The molecule has 0 radical (unpaired) electrons. The Kier molecular flexibility index (Phi) is 4.12. The highest BCUT2D eigenvalue weighted by molar-refractivity contribution is 5.79. The molecule has 0 aromatic carbocycles. The Morgan fingerprint density at radius 1 is 1.50 bits per heavy atom. The summed E-state index contributed by atoms with van der Waals surface area (Å²) in [4.78, 5) is 21.5. The van der Waals surface area contributed by atoms with E-state index in [0.29, 0.717) is 6.61 Å². The number of carbonyl (C=O) groups excluding carboxylic acids is 1. The molecular formula is C10H18N2O4. The highest BCUT2D eigenvalue weighted by Gasteiger charge is 2.29. The van der Waals surface area contributed by atoms with E-state index < -0.39 is 12.0 Å². The lowest BCUT2D eigenvalue weighted by Gasteiger charge is -2.35. The molecule has 6 heteroatoms. The first-order valence-corrected chi connectivity index (χ1v) is 5.29. The van der Waals surface area contributed by atoms with Crippen molar-refractivity contribution in [3.8, 4) is 0 Å². The molecule has 1 aliphatic rings. The third-order valence-corrected chi connectivity index (χ3v) is 2.43. The van der Waals surface area contributed by atoms with Crippen LogP contribution in [-0.4, -0.2) is 41.9 Å². The maximum Gasteiger partial charge on any atom is 0.323 e. The molecule has 1 fully saturated rings. The van der Waals surface area contributed by atoms with Crippen molar-refractivity contribution in [3.05, 3.63) is 0 Å². The van der Waals surface area contributed by atoms with E-state index in [4.69, 9.17) is 9.84 Å². The van der Waals surface area contributed by atoms with Gasteiger partial charge in [0.25, 0.3) is 0 Å². The van der Waals surface area contributed by atoms with E-state index in [1.165, 1.54) is 0 Å². The topological polar surface area (TPSA) is 87.7 Å². The van der Waals surface area contributed by atoms with Crippen LogP contribution in [0.1, 0.15) is 26.7 Å². The minimum atomic E-state index is -1.05. The van der Waals surface area contributed by atoms with Gasteiger partial charge in [-0.15, -0.1) is 0 Å². The molecule has 0 spiro atoms. The van der Waals surface area contributed by atoms with Gasteiger partial charge in [-0.05, 0) is 26.7 Å². The predicted molar refractivity (Wildman–Crippen MR) is 57.2 cm³/mol. The molecule has 1 atom stereocenters. The number of aliphatic carboxylic acids is 1. The van der Waals surface area contributed by atoms with Crippen LogP contribution in [0.15, 0.2) is 0 Å². The second-order valence-corrected chi connectivity index (χ2v) is 4.52. The standard InChI is InChI=1S/C10H18N2O4/c1-10(2)5-7(3-4-16-10)12-9(15)11-6-8(13)14/h7H,3-6H2,1-2H3,(H,13,14)(H2,11,12,15). The summed E-state index contributed by atoms with van der Waals surface area (Å²) in [6.45, 7) is 4.18. The molecule has 3 N–H and O–H groups in total. The number of nitrogens with one attached hydrogen (secondary N) is 2. The van der Waals surface area contributed by atoms with Crippen LogP contribution in [0.4, 0.5) is 4.79 Å². The number of amides is 2. The number of hydrogen-bond donors (Lipinski definition) is 3. The lowest BCUT2D eigenvalue weighted by atomic mass is 9.94. The number of ether oxygens (including phenoxy) is 1. The molecule has 1 rings (SSSR count). The molecule has 0 aromatic heterocycles. The molecule has 16 heavy (non-hydrogen) atoms. The van der Waals surface area contributed by atoms with Gasteiger partial charge in [-0.25, -0.2) is 4.79 Å². The quantitative estimate of drug-likeness (QED) is 0.652. The summed E-state index contributed by atoms with van der Waals surface area (Å²) in [5.41, 5.74) is -0.233. The van der Waals surface area contributed by atoms with Crippen LogP contribution in [0.2, 0.25) is 0 Å². The van der Waals surface area contributed by atoms with Crippen LogP contribution in [0.25, 0.3) is 0 Å². The second kappa shape index (κ2) is 5.16. The van der Waals surface area contributed by atoms with Gasteiger partial charge < -0.3 is 20.5 Å². The van der Waals surface area contributed by atoms with Gasteiger partial charge in [0.2, 0.25) is 0 Å². The zero-order valence-electron chi connectivity index (χ0n) is 9.58. The van der Waals surface area contributed by atoms with E-state index in [2.05, 4.69) is 10.6 Å². The van der Waals surface area contributed by atoms with Crippen molar-refractivity contribution >= 4 is 12.0 Å². The molecule has 1 saturated heterocycles. The van der Waals surface area contributed by atoms with Crippen molar-refractivity contribution in [2.24, 2.45) is 0 Å². The molecule has 1 unspecified atom stereocenters. The fourth-order valence-electron chi connectivity index (χ4n) is 1.75. The third kappa shape index (κ3) is 4.48. The van der Waals surface area contributed by atoms with Gasteiger partial charge in [-0.3, -0.25) is 4.79 Å². The fraction of sp³-hybridized carbons (Fsp3) is 0.800. The molecule has 0 saturated carbocycles. The number of urea groups is 1. The van der Waals surface area contributed by atoms with Gasteiger partial charge in [-0.1, -0.05) is 0 Å². The molecule has 1 aliphatic heterocycles. The summed E-state index contributed by atoms with van der Waals surface area (Å²) in [6.07, 6.45) is 1.48. The van der Waals surface area contributed by atoms with Crippen LogP contribution in [0.3, 0.4) is 0 Å². The van der Waals surface area contributed by atoms with Crippen molar-refractivity contribution in [1.82, 2.24) is 10.6 Å². The summed E-state index contributed by atoms with van der Waals surface area (Å²) in [7, 11) is 0. The Hall–Kier alpha value is -1.30. The Bertz CT molecular complexity index is 278. The molecule has 6 nitrogen and oxygen atoms in total. The van der Waals surface area contributed by atoms with Gasteiger partial charge in [-0.2, -0.15) is 0 Å². The summed E-state index contributed by atoms with van der Waals surface area (Å²) in [5.74, 6) is -1.05. The van der Waals surface area contributed by atoms with E-state index in [0.717, 1.165) is 12.8 Å². The molecular weight excluding hydrogens is 212 g/mol. The third-order valence-electron chi connectivity index (χ3n) is 2.43. The van der Waals surface area contributed by atoms with Gasteiger partial charge in [0.1, 0.15) is 6.54 Å². The minimum Gasteiger partial charge on any atom is -0.480 e. The Morgan fingerprint density at radius 2 is 2.19 bits per heavy atom. The number of carbonyl (C=O) groups is 2. The largest absolute Gasteiger partial charge is 0.480 e. The summed E-state index contributed by atoms with van der Waals surface area (Å²) < 4.78 is 5.51. The first kappa shape index (κ1) is 12.8. The van der Waals surface area contributed by atoms with Crippen LogP contribution in [0.5, 0.6) is 0 Å². The Labute approximate surface area is 94.3 Å². The SMILES string of the molecule is CC1(C)CC(NC(=O)NCC(=O)O)CCO1. The molecule has 0 bridgehead atoms. The molecule has 92 valence electrons. The second-order valence-electron chi connectivity index (χ2n) is 4.52. The van der Waals surface area contributed by atoms with Crippen molar-refractivity contribution in [2.75, 3.05) is 13.2 Å². The number of carboxylic acid groups (broad SMARTS) is 1. The van der Waals surface area contributed by atoms with Gasteiger partial charge >= 0.3 is 12.0 Å². The smallest absolute Gasteiger partial charge is 0.323 e. The summed E-state index contributed by atoms with van der Waals surface area (Å²) in [6, 6.07) is -0.400. The van der Waals surface area contributed by atoms with E-state index in [1.807, 2.05) is 13.8 Å². The number of rotatable bonds is 3. The molecule has 0 aromatic rings. The normalized spacial score (nSPS) is 23.5. The molecule has 0 aliphatic carbocycles. The van der Waals surface area contributed by atoms with Crippen molar-refractivity contribution in [3.63, 3.8) is 0 Å². The lowest BCUT2D eigenvalue weighted by molar-refractivity contribution is -0.135. The van der Waals surface area contributed by atoms with Crippen LogP contribution in [-0.2, 0) is 9.53 Å². The van der Waals surface area contributed by atoms with E-state index >= 15 is 0 Å². The van der Waals surface area contributed by atoms with Crippen molar-refractivity contribution < 1.29 is 19.4 Å². The Morgan fingerprint density at radius 3 is 2.75 bits per heavy atom. The molecule has 1 heterocycles. The lowest BCUT2D eigenvalue weighted by Crippen LogP contribution is -2.49. The minimum absolute atomic E-state index is 0.0394. The van der Waals surface area contributed by atoms with Crippen LogP contribution >= 0.6 is 0 Å². The zero-order valence-corrected chi connectivity index (χ0v) is 9.58. The van der Waals surface area contributed by atoms with Crippen LogP contribution < -0.4 is 10.6 Å². The van der Waals surface area contributed by atoms with E-state index in [9.17, 15) is 9.59 Å². The highest BCUT2D eigenvalue weighted by Crippen LogP contribution is 2.23. The summed E-state index contributed by atoms with van der Waals surface area (Å²) >= 11 is 0. The van der Waals surface area contributed by atoms with E-state index in [-0.39, 0.29) is 18.2 Å². The monoisotopic (exact) mass is 230 g/mol. The van der Waals surface area contributed by atoms with Crippen molar-refractivity contribution in [2.45, 2.75) is 38.3 Å². The molecule has 2 amide bonds. The van der Waals surface area contributed by atoms with Gasteiger partial charge in [0.15, 0.2) is 0 Å². The zero-order chi connectivity index (χ0) is 12.2. The fourth-order valence-corrected chi connectivity index (χ4v) is 1.75. The average molecular weight is 230 g/mol. The maximum atomic E-state index is 11.3. The van der Waals surface area contributed by atoms with Crippen molar-refractivity contribution in [1.29, 1.82) is 0 Å². The number of carboxylic acids is 1. The maximum absolute atomic E-state index is 11.3. The highest BCUT2D eigenvalue weighted by atomic mass is 16.5. The summed E-state index contributed by atoms with van der Waals surface area (Å²) in [5, 5.41) is 13.4. The van der Waals surface area contributed by atoms with Crippen LogP contribution in [0, 0.1) is 0 Å².